The Balaban J connectivity index is 1.27. The minimum atomic E-state index is -3.91. The van der Waals surface area contributed by atoms with Crippen LogP contribution in [0.2, 0.25) is 5.02 Å². The quantitative estimate of drug-likeness (QED) is 0.403. The van der Waals surface area contributed by atoms with Crippen LogP contribution in [-0.4, -0.2) is 66.2 Å². The summed E-state index contributed by atoms with van der Waals surface area (Å²) in [5, 5.41) is 1.16. The standard InChI is InChI=1S/C27H24ClN5O4S/c1-18-16-20(26(34)32-12-14-33(15-13-32)27(35)23-17-21(28)9-11-29-23)7-8-22(18)31-38(36,37)24-6-2-4-19-5-3-10-30-25(19)24/h2-11,16-17,31H,12-15H2,1H3. The summed E-state index contributed by atoms with van der Waals surface area (Å²) in [6.45, 7) is 3.22. The Labute approximate surface area is 225 Å². The van der Waals surface area contributed by atoms with E-state index in [0.29, 0.717) is 53.5 Å². The molecule has 38 heavy (non-hydrogen) atoms. The van der Waals surface area contributed by atoms with Gasteiger partial charge in [0.25, 0.3) is 21.8 Å². The van der Waals surface area contributed by atoms with E-state index in [0.717, 1.165) is 5.39 Å². The van der Waals surface area contributed by atoms with Gasteiger partial charge >= 0.3 is 0 Å². The number of rotatable bonds is 5. The van der Waals surface area contributed by atoms with Crippen molar-refractivity contribution in [2.24, 2.45) is 0 Å². The normalized spacial score (nSPS) is 13.9. The lowest BCUT2D eigenvalue weighted by Crippen LogP contribution is -2.50. The number of aryl methyl sites for hydroxylation is 1. The number of amides is 2. The first-order valence-electron chi connectivity index (χ1n) is 11.9. The number of anilines is 1. The van der Waals surface area contributed by atoms with Crippen molar-refractivity contribution in [2.45, 2.75) is 11.8 Å². The largest absolute Gasteiger partial charge is 0.335 e. The third-order valence-electron chi connectivity index (χ3n) is 6.40. The van der Waals surface area contributed by atoms with Gasteiger partial charge in [0.05, 0.1) is 11.2 Å². The van der Waals surface area contributed by atoms with Gasteiger partial charge in [-0.15, -0.1) is 0 Å². The molecule has 2 amide bonds. The highest BCUT2D eigenvalue weighted by Gasteiger charge is 2.27. The van der Waals surface area contributed by atoms with Crippen molar-refractivity contribution in [3.05, 3.63) is 94.9 Å². The molecule has 0 atom stereocenters. The van der Waals surface area contributed by atoms with Crippen LogP contribution in [0.4, 0.5) is 5.69 Å². The number of hydrogen-bond donors (Lipinski definition) is 1. The molecule has 1 fully saturated rings. The first kappa shape index (κ1) is 25.6. The average Bonchev–Trinajstić information content (AvgIpc) is 2.93. The van der Waals surface area contributed by atoms with Gasteiger partial charge in [-0.05, 0) is 55.0 Å². The highest BCUT2D eigenvalue weighted by Crippen LogP contribution is 2.26. The molecule has 11 heteroatoms. The molecule has 194 valence electrons. The van der Waals surface area contributed by atoms with Gasteiger partial charge in [-0.25, -0.2) is 8.42 Å². The molecular weight excluding hydrogens is 526 g/mol. The van der Waals surface area contributed by atoms with Gasteiger partial charge < -0.3 is 9.80 Å². The highest BCUT2D eigenvalue weighted by molar-refractivity contribution is 7.93. The molecule has 0 aliphatic carbocycles. The predicted octanol–water partition coefficient (Wildman–Crippen LogP) is 3.99. The van der Waals surface area contributed by atoms with Crippen molar-refractivity contribution in [1.82, 2.24) is 19.8 Å². The van der Waals surface area contributed by atoms with Crippen molar-refractivity contribution >= 4 is 50.0 Å². The zero-order valence-corrected chi connectivity index (χ0v) is 22.0. The van der Waals surface area contributed by atoms with E-state index in [2.05, 4.69) is 14.7 Å². The molecule has 2 aromatic heterocycles. The number of fused-ring (bicyclic) bond motifs is 1. The van der Waals surface area contributed by atoms with Gasteiger partial charge in [0.2, 0.25) is 0 Å². The Bertz CT molecular complexity index is 1650. The molecule has 1 N–H and O–H groups in total. The van der Waals surface area contributed by atoms with Crippen molar-refractivity contribution in [3.8, 4) is 0 Å². The number of hydrogen-bond acceptors (Lipinski definition) is 6. The van der Waals surface area contributed by atoms with Gasteiger partial charge in [-0.1, -0.05) is 29.8 Å². The van der Waals surface area contributed by atoms with Gasteiger partial charge in [0.1, 0.15) is 10.6 Å². The molecule has 0 unspecified atom stereocenters. The zero-order chi connectivity index (χ0) is 26.9. The van der Waals surface area contributed by atoms with E-state index in [1.54, 1.807) is 71.5 Å². The van der Waals surface area contributed by atoms with Crippen LogP contribution in [0.15, 0.2) is 78.0 Å². The van der Waals surface area contributed by atoms with Crippen LogP contribution in [0.5, 0.6) is 0 Å². The third kappa shape index (κ3) is 5.18. The molecule has 1 aliphatic heterocycles. The first-order valence-corrected chi connectivity index (χ1v) is 13.8. The summed E-state index contributed by atoms with van der Waals surface area (Å²) >= 11 is 5.97. The molecule has 0 saturated carbocycles. The Kier molecular flexibility index (Phi) is 7.00. The smallest absolute Gasteiger partial charge is 0.272 e. The van der Waals surface area contributed by atoms with Crippen LogP contribution in [0.1, 0.15) is 26.4 Å². The lowest BCUT2D eigenvalue weighted by atomic mass is 10.1. The molecule has 0 bridgehead atoms. The van der Waals surface area contributed by atoms with Crippen LogP contribution in [0.25, 0.3) is 10.9 Å². The summed E-state index contributed by atoms with van der Waals surface area (Å²) in [7, 11) is -3.91. The Hall–Kier alpha value is -4.02. The molecule has 0 spiro atoms. The maximum absolute atomic E-state index is 13.2. The van der Waals surface area contributed by atoms with Crippen molar-refractivity contribution in [2.75, 3.05) is 30.9 Å². The number of halogens is 1. The molecule has 1 aliphatic rings. The Morgan fingerprint density at radius 2 is 1.58 bits per heavy atom. The summed E-state index contributed by atoms with van der Waals surface area (Å²) in [6, 6.07) is 16.5. The summed E-state index contributed by atoms with van der Waals surface area (Å²) in [5.74, 6) is -0.415. The van der Waals surface area contributed by atoms with E-state index in [9.17, 15) is 18.0 Å². The Morgan fingerprint density at radius 3 is 2.29 bits per heavy atom. The topological polar surface area (TPSA) is 113 Å². The number of nitrogens with zero attached hydrogens (tertiary/aromatic N) is 4. The van der Waals surface area contributed by atoms with Crippen LogP contribution >= 0.6 is 11.6 Å². The number of sulfonamides is 1. The van der Waals surface area contributed by atoms with Crippen LogP contribution in [0, 0.1) is 6.92 Å². The van der Waals surface area contributed by atoms with E-state index in [1.807, 2.05) is 0 Å². The van der Waals surface area contributed by atoms with Crippen LogP contribution in [0.3, 0.4) is 0 Å². The monoisotopic (exact) mass is 549 g/mol. The third-order valence-corrected chi connectivity index (χ3v) is 8.03. The van der Waals surface area contributed by atoms with E-state index in [4.69, 9.17) is 11.6 Å². The predicted molar refractivity (Wildman–Crippen MR) is 145 cm³/mol. The minimum absolute atomic E-state index is 0.0792. The second-order valence-corrected chi connectivity index (χ2v) is 11.0. The fourth-order valence-corrected chi connectivity index (χ4v) is 5.85. The average molecular weight is 550 g/mol. The first-order chi connectivity index (χ1) is 18.2. The molecule has 9 nitrogen and oxygen atoms in total. The number of nitrogens with one attached hydrogen (secondary N) is 1. The number of benzene rings is 2. The van der Waals surface area contributed by atoms with Gasteiger partial charge in [0, 0.05) is 54.5 Å². The Morgan fingerprint density at radius 1 is 0.868 bits per heavy atom. The number of piperazine rings is 1. The number of para-hydroxylation sites is 1. The SMILES string of the molecule is Cc1cc(C(=O)N2CCN(C(=O)c3cc(Cl)ccn3)CC2)ccc1NS(=O)(=O)c1cccc2cccnc12. The number of carbonyl (C=O) groups is 2. The second kappa shape index (κ2) is 10.4. The second-order valence-electron chi connectivity index (χ2n) is 8.91. The summed E-state index contributed by atoms with van der Waals surface area (Å²) < 4.78 is 29.0. The molecule has 3 heterocycles. The van der Waals surface area contributed by atoms with E-state index in [-0.39, 0.29) is 22.4 Å². The van der Waals surface area contributed by atoms with Crippen molar-refractivity contribution in [3.63, 3.8) is 0 Å². The number of pyridine rings is 2. The van der Waals surface area contributed by atoms with Crippen LogP contribution < -0.4 is 4.72 Å². The lowest BCUT2D eigenvalue weighted by Gasteiger charge is -2.34. The lowest BCUT2D eigenvalue weighted by molar-refractivity contribution is 0.0532. The molecule has 2 aromatic carbocycles. The molecular formula is C27H24ClN5O4S. The van der Waals surface area contributed by atoms with Gasteiger partial charge in [-0.3, -0.25) is 24.3 Å². The summed E-state index contributed by atoms with van der Waals surface area (Å²) in [5.41, 5.74) is 2.07. The maximum Gasteiger partial charge on any atom is 0.272 e. The summed E-state index contributed by atoms with van der Waals surface area (Å²) in [6.07, 6.45) is 3.04. The highest BCUT2D eigenvalue weighted by atomic mass is 35.5. The van der Waals surface area contributed by atoms with Crippen molar-refractivity contribution in [1.29, 1.82) is 0 Å². The fourth-order valence-electron chi connectivity index (χ4n) is 4.38. The minimum Gasteiger partial charge on any atom is -0.335 e. The van der Waals surface area contributed by atoms with E-state index in [1.165, 1.54) is 18.3 Å². The molecule has 4 aromatic rings. The maximum atomic E-state index is 13.2. The van der Waals surface area contributed by atoms with E-state index >= 15 is 0 Å². The molecule has 5 rings (SSSR count). The van der Waals surface area contributed by atoms with Crippen LogP contribution in [-0.2, 0) is 10.0 Å². The number of aromatic nitrogens is 2. The molecule has 1 saturated heterocycles. The fraction of sp³-hybridized carbons (Fsp3) is 0.185. The van der Waals surface area contributed by atoms with Crippen molar-refractivity contribution < 1.29 is 18.0 Å². The summed E-state index contributed by atoms with van der Waals surface area (Å²) in [4.78, 5) is 37.6. The van der Waals surface area contributed by atoms with Gasteiger partial charge in [0.15, 0.2) is 0 Å². The zero-order valence-electron chi connectivity index (χ0n) is 20.5. The number of carbonyl (C=O) groups excluding carboxylic acids is 2. The van der Waals surface area contributed by atoms with E-state index < -0.39 is 10.0 Å². The molecule has 0 radical (unpaired) electrons. The van der Waals surface area contributed by atoms with Gasteiger partial charge in [-0.2, -0.15) is 0 Å².